The van der Waals surface area contributed by atoms with Crippen LogP contribution in [0.1, 0.15) is 11.7 Å². The number of ether oxygens (including phenoxy) is 1. The zero-order valence-electron chi connectivity index (χ0n) is 8.39. The monoisotopic (exact) mass is 215 g/mol. The van der Waals surface area contributed by atoms with Gasteiger partial charge in [-0.1, -0.05) is 5.16 Å². The molecule has 84 valence electrons. The van der Waals surface area contributed by atoms with Crippen LogP contribution in [0.25, 0.3) is 0 Å². The van der Waals surface area contributed by atoms with E-state index in [-0.39, 0.29) is 13.2 Å². The molecule has 1 aromatic rings. The zero-order valence-corrected chi connectivity index (χ0v) is 8.39. The lowest BCUT2D eigenvalue weighted by Gasteiger charge is -2.03. The highest BCUT2D eigenvalue weighted by Gasteiger charge is 2.04. The smallest absolute Gasteiger partial charge is 0.407 e. The lowest BCUT2D eigenvalue weighted by Crippen LogP contribution is -2.27. The van der Waals surface area contributed by atoms with E-state index in [2.05, 4.69) is 20.2 Å². The van der Waals surface area contributed by atoms with Gasteiger partial charge in [-0.2, -0.15) is 4.98 Å². The number of amides is 1. The van der Waals surface area contributed by atoms with Crippen molar-refractivity contribution >= 4 is 6.09 Å². The van der Waals surface area contributed by atoms with Gasteiger partial charge in [0.15, 0.2) is 5.82 Å². The van der Waals surface area contributed by atoms with E-state index in [0.717, 1.165) is 0 Å². The quantitative estimate of drug-likeness (QED) is 0.696. The van der Waals surface area contributed by atoms with Crippen molar-refractivity contribution in [3.05, 3.63) is 11.7 Å². The molecule has 0 fully saturated rings. The number of aliphatic hydroxyl groups excluding tert-OH is 1. The molecule has 0 unspecified atom stereocenters. The molecular weight excluding hydrogens is 202 g/mol. The first-order valence-electron chi connectivity index (χ1n) is 4.53. The SMILES string of the molecule is Cc1nc(CCNC(=O)OCCO)no1. The number of rotatable bonds is 5. The third-order valence-corrected chi connectivity index (χ3v) is 1.51. The van der Waals surface area contributed by atoms with E-state index in [1.165, 1.54) is 0 Å². The minimum Gasteiger partial charge on any atom is -0.447 e. The molecule has 0 aromatic carbocycles. The summed E-state index contributed by atoms with van der Waals surface area (Å²) in [5, 5.41) is 14.5. The van der Waals surface area contributed by atoms with E-state index < -0.39 is 6.09 Å². The van der Waals surface area contributed by atoms with Crippen molar-refractivity contribution in [2.45, 2.75) is 13.3 Å². The predicted molar refractivity (Wildman–Crippen MR) is 49.2 cm³/mol. The molecule has 7 heteroatoms. The maximum Gasteiger partial charge on any atom is 0.407 e. The second-order valence-electron chi connectivity index (χ2n) is 2.77. The maximum atomic E-state index is 10.9. The highest BCUT2D eigenvalue weighted by atomic mass is 16.6. The van der Waals surface area contributed by atoms with Crippen molar-refractivity contribution < 1.29 is 19.2 Å². The summed E-state index contributed by atoms with van der Waals surface area (Å²) in [5.41, 5.74) is 0. The largest absolute Gasteiger partial charge is 0.447 e. The minimum absolute atomic E-state index is 0.00679. The summed E-state index contributed by atoms with van der Waals surface area (Å²) in [5.74, 6) is 1.03. The van der Waals surface area contributed by atoms with Crippen molar-refractivity contribution in [2.24, 2.45) is 0 Å². The Labute approximate surface area is 86.4 Å². The summed E-state index contributed by atoms with van der Waals surface area (Å²) in [6.07, 6.45) is -0.0878. The number of carbonyl (C=O) groups excluding carboxylic acids is 1. The molecule has 7 nitrogen and oxygen atoms in total. The van der Waals surface area contributed by atoms with Crippen LogP contribution in [-0.2, 0) is 11.2 Å². The van der Waals surface area contributed by atoms with Gasteiger partial charge in [-0.05, 0) is 0 Å². The Balaban J connectivity index is 2.13. The highest BCUT2D eigenvalue weighted by molar-refractivity contribution is 5.67. The van der Waals surface area contributed by atoms with Crippen LogP contribution in [0.2, 0.25) is 0 Å². The van der Waals surface area contributed by atoms with Gasteiger partial charge in [-0.15, -0.1) is 0 Å². The van der Waals surface area contributed by atoms with E-state index in [1.807, 2.05) is 0 Å². The van der Waals surface area contributed by atoms with E-state index in [9.17, 15) is 4.79 Å². The van der Waals surface area contributed by atoms with Crippen LogP contribution in [0.4, 0.5) is 4.79 Å². The Morgan fingerprint density at radius 1 is 1.67 bits per heavy atom. The summed E-state index contributed by atoms with van der Waals surface area (Å²) < 4.78 is 9.32. The molecule has 15 heavy (non-hydrogen) atoms. The minimum atomic E-state index is -0.565. The molecule has 0 radical (unpaired) electrons. The molecule has 1 aromatic heterocycles. The van der Waals surface area contributed by atoms with Crippen molar-refractivity contribution in [3.63, 3.8) is 0 Å². The van der Waals surface area contributed by atoms with E-state index >= 15 is 0 Å². The van der Waals surface area contributed by atoms with Gasteiger partial charge >= 0.3 is 6.09 Å². The third kappa shape index (κ3) is 4.41. The summed E-state index contributed by atoms with van der Waals surface area (Å²) in [4.78, 5) is 14.8. The Kier molecular flexibility index (Phi) is 4.55. The Morgan fingerprint density at radius 3 is 3.07 bits per heavy atom. The first kappa shape index (κ1) is 11.4. The molecule has 0 aliphatic rings. The van der Waals surface area contributed by atoms with Gasteiger partial charge in [0, 0.05) is 19.9 Å². The molecular formula is C8H13N3O4. The number of nitrogens with zero attached hydrogens (tertiary/aromatic N) is 2. The number of aliphatic hydroxyl groups is 1. The van der Waals surface area contributed by atoms with E-state index in [4.69, 9.17) is 9.63 Å². The van der Waals surface area contributed by atoms with Crippen molar-refractivity contribution in [2.75, 3.05) is 19.8 Å². The van der Waals surface area contributed by atoms with Crippen molar-refractivity contribution in [1.82, 2.24) is 15.5 Å². The van der Waals surface area contributed by atoms with Crippen molar-refractivity contribution in [3.8, 4) is 0 Å². The fourth-order valence-corrected chi connectivity index (χ4v) is 0.909. The van der Waals surface area contributed by atoms with Crippen LogP contribution < -0.4 is 5.32 Å². The Morgan fingerprint density at radius 2 is 2.47 bits per heavy atom. The summed E-state index contributed by atoms with van der Waals surface area (Å²) in [7, 11) is 0. The Hall–Kier alpha value is -1.63. The first-order chi connectivity index (χ1) is 7.22. The molecule has 1 amide bonds. The fraction of sp³-hybridized carbons (Fsp3) is 0.625. The number of carbonyl (C=O) groups is 1. The van der Waals surface area contributed by atoms with Crippen LogP contribution in [0.5, 0.6) is 0 Å². The first-order valence-corrected chi connectivity index (χ1v) is 4.53. The van der Waals surface area contributed by atoms with E-state index in [1.54, 1.807) is 6.92 Å². The summed E-state index contributed by atoms with van der Waals surface area (Å²) >= 11 is 0. The summed E-state index contributed by atoms with van der Waals surface area (Å²) in [6.45, 7) is 1.87. The van der Waals surface area contributed by atoms with Crippen LogP contribution in [0, 0.1) is 6.92 Å². The third-order valence-electron chi connectivity index (χ3n) is 1.51. The second kappa shape index (κ2) is 5.97. The molecule has 1 heterocycles. The van der Waals surface area contributed by atoms with E-state index in [0.29, 0.717) is 24.7 Å². The molecule has 0 aliphatic carbocycles. The van der Waals surface area contributed by atoms with Gasteiger partial charge < -0.3 is 19.7 Å². The van der Waals surface area contributed by atoms with Gasteiger partial charge in [0.25, 0.3) is 0 Å². The number of hydrogen-bond acceptors (Lipinski definition) is 6. The number of aromatic nitrogens is 2. The molecule has 0 aliphatic heterocycles. The second-order valence-corrected chi connectivity index (χ2v) is 2.77. The van der Waals surface area contributed by atoms with Crippen LogP contribution in [0.15, 0.2) is 4.52 Å². The number of aryl methyl sites for hydroxylation is 1. The fourth-order valence-electron chi connectivity index (χ4n) is 0.909. The number of nitrogens with one attached hydrogen (secondary N) is 1. The van der Waals surface area contributed by atoms with Gasteiger partial charge in [-0.3, -0.25) is 0 Å². The van der Waals surface area contributed by atoms with Crippen LogP contribution in [0.3, 0.4) is 0 Å². The number of hydrogen-bond donors (Lipinski definition) is 2. The molecule has 0 spiro atoms. The molecule has 0 saturated carbocycles. The normalized spacial score (nSPS) is 10.0. The lowest BCUT2D eigenvalue weighted by molar-refractivity contribution is 0.119. The molecule has 2 N–H and O–H groups in total. The average Bonchev–Trinajstić information content (AvgIpc) is 2.61. The summed E-state index contributed by atoms with van der Waals surface area (Å²) in [6, 6.07) is 0. The molecule has 0 saturated heterocycles. The standard InChI is InChI=1S/C8H13N3O4/c1-6-10-7(11-15-6)2-3-9-8(13)14-5-4-12/h12H,2-5H2,1H3,(H,9,13). The molecule has 0 bridgehead atoms. The Bertz CT molecular complexity index is 313. The van der Waals surface area contributed by atoms with Crippen LogP contribution in [-0.4, -0.2) is 41.1 Å². The zero-order chi connectivity index (χ0) is 11.1. The maximum absolute atomic E-state index is 10.9. The van der Waals surface area contributed by atoms with Gasteiger partial charge in [0.2, 0.25) is 5.89 Å². The predicted octanol–water partition coefficient (Wildman–Crippen LogP) is -0.361. The van der Waals surface area contributed by atoms with Gasteiger partial charge in [0.05, 0.1) is 6.61 Å². The topological polar surface area (TPSA) is 97.5 Å². The molecule has 0 atom stereocenters. The molecule has 1 rings (SSSR count). The van der Waals surface area contributed by atoms with Gasteiger partial charge in [-0.25, -0.2) is 4.79 Å². The van der Waals surface area contributed by atoms with Crippen LogP contribution >= 0.6 is 0 Å². The lowest BCUT2D eigenvalue weighted by atomic mass is 10.4. The average molecular weight is 215 g/mol. The highest BCUT2D eigenvalue weighted by Crippen LogP contribution is 1.94. The van der Waals surface area contributed by atoms with Gasteiger partial charge in [0.1, 0.15) is 6.61 Å². The van der Waals surface area contributed by atoms with Crippen molar-refractivity contribution in [1.29, 1.82) is 0 Å². The number of alkyl carbamates (subject to hydrolysis) is 1.